The van der Waals surface area contributed by atoms with Crippen LogP contribution in [0.2, 0.25) is 0 Å². The fraction of sp³-hybridized carbons (Fsp3) is 0.552. The van der Waals surface area contributed by atoms with Crippen LogP contribution in [0.4, 0.5) is 5.69 Å². The number of anilines is 1. The molecule has 3 N–H and O–H groups in total. The van der Waals surface area contributed by atoms with E-state index in [1.54, 1.807) is 16.7 Å². The van der Waals surface area contributed by atoms with Crippen molar-refractivity contribution in [1.29, 1.82) is 0 Å². The van der Waals surface area contributed by atoms with E-state index in [2.05, 4.69) is 17.6 Å². The first-order chi connectivity index (χ1) is 17.9. The van der Waals surface area contributed by atoms with Crippen molar-refractivity contribution in [3.8, 4) is 0 Å². The highest BCUT2D eigenvalue weighted by Gasteiger charge is 2.75. The largest absolute Gasteiger partial charge is 0.396 e. The van der Waals surface area contributed by atoms with E-state index in [9.17, 15) is 19.5 Å². The minimum atomic E-state index is -0.639. The number of carbonyl (C=O) groups is 3. The molecule has 3 fully saturated rings. The quantitative estimate of drug-likeness (QED) is 0.412. The Bertz CT molecular complexity index is 1190. The van der Waals surface area contributed by atoms with Crippen LogP contribution in [0.15, 0.2) is 42.5 Å². The molecule has 3 unspecified atom stereocenters. The molecule has 198 valence electrons. The van der Waals surface area contributed by atoms with Crippen molar-refractivity contribution >= 4 is 45.9 Å². The fourth-order valence-corrected chi connectivity index (χ4v) is 9.20. The van der Waals surface area contributed by atoms with E-state index >= 15 is 0 Å². The number of thioether (sulfide) groups is 1. The van der Waals surface area contributed by atoms with E-state index in [4.69, 9.17) is 0 Å². The van der Waals surface area contributed by atoms with Gasteiger partial charge in [-0.2, -0.15) is 0 Å². The van der Waals surface area contributed by atoms with Crippen molar-refractivity contribution in [2.75, 3.05) is 25.0 Å². The van der Waals surface area contributed by atoms with Gasteiger partial charge in [-0.3, -0.25) is 14.4 Å². The van der Waals surface area contributed by atoms with Crippen molar-refractivity contribution in [3.63, 3.8) is 0 Å². The number of aliphatic hydroxyl groups is 1. The maximum Gasteiger partial charge on any atom is 0.248 e. The van der Waals surface area contributed by atoms with E-state index in [1.807, 2.05) is 49.4 Å². The number of nitrogens with one attached hydrogen (secondary N) is 2. The first kappa shape index (κ1) is 26.0. The Morgan fingerprint density at radius 2 is 1.89 bits per heavy atom. The maximum atomic E-state index is 14.1. The Balaban J connectivity index is 1.47. The number of hydrogen-bond donors (Lipinski definition) is 3. The van der Waals surface area contributed by atoms with Crippen LogP contribution in [0.1, 0.15) is 46.0 Å². The van der Waals surface area contributed by atoms with Gasteiger partial charge in [0.15, 0.2) is 0 Å². The lowest BCUT2D eigenvalue weighted by Gasteiger charge is -2.38. The van der Waals surface area contributed by atoms with E-state index in [1.165, 1.54) is 0 Å². The van der Waals surface area contributed by atoms with E-state index in [0.29, 0.717) is 31.6 Å². The van der Waals surface area contributed by atoms with Crippen LogP contribution in [0.3, 0.4) is 0 Å². The highest BCUT2D eigenvalue weighted by atomic mass is 32.2. The van der Waals surface area contributed by atoms with Gasteiger partial charge in [0, 0.05) is 30.6 Å². The summed E-state index contributed by atoms with van der Waals surface area (Å²) >= 11 is 1.70. The van der Waals surface area contributed by atoms with E-state index < -0.39 is 22.6 Å². The van der Waals surface area contributed by atoms with Crippen molar-refractivity contribution in [3.05, 3.63) is 42.5 Å². The molecule has 2 bridgehead atoms. The molecule has 3 heterocycles. The molecule has 5 rings (SSSR count). The summed E-state index contributed by atoms with van der Waals surface area (Å²) < 4.78 is -0.617. The number of rotatable bonds is 10. The third-order valence-corrected chi connectivity index (χ3v) is 10.5. The van der Waals surface area contributed by atoms with Gasteiger partial charge in [0.25, 0.3) is 0 Å². The number of hydrogen-bond acceptors (Lipinski definition) is 5. The smallest absolute Gasteiger partial charge is 0.248 e. The number of aliphatic hydroxyl groups excluding tert-OH is 1. The molecule has 3 amide bonds. The Labute approximate surface area is 222 Å². The summed E-state index contributed by atoms with van der Waals surface area (Å²) in [5.74, 6) is -1.06. The summed E-state index contributed by atoms with van der Waals surface area (Å²) in [5, 5.41) is 17.6. The van der Waals surface area contributed by atoms with Crippen molar-refractivity contribution in [2.45, 2.75) is 62.0 Å². The summed E-state index contributed by atoms with van der Waals surface area (Å²) in [6, 6.07) is 13.2. The molecule has 2 aromatic rings. The predicted octanol–water partition coefficient (Wildman–Crippen LogP) is 3.80. The maximum absolute atomic E-state index is 14.1. The number of amides is 3. The highest BCUT2D eigenvalue weighted by Crippen LogP contribution is 2.68. The second-order valence-corrected chi connectivity index (χ2v) is 12.3. The molecule has 7 nitrogen and oxygen atoms in total. The summed E-state index contributed by atoms with van der Waals surface area (Å²) in [5.41, 5.74) is 0.707. The molecule has 1 spiro atoms. The first-order valence-corrected chi connectivity index (χ1v) is 14.5. The van der Waals surface area contributed by atoms with Gasteiger partial charge in [-0.05, 0) is 60.9 Å². The average molecular weight is 524 g/mol. The SMILES string of the molecule is CCCNC(=O)[C@@H]1[C@@H]2CC(C)C3(S2)C(C(=O)Nc2ccc4ccccc4c2)N(CCCCCO)C(=O)[C@H]13. The van der Waals surface area contributed by atoms with Gasteiger partial charge < -0.3 is 20.6 Å². The number of likely N-dealkylation sites (tertiary alicyclic amines) is 1. The summed E-state index contributed by atoms with van der Waals surface area (Å²) in [4.78, 5) is 43.1. The molecule has 0 aliphatic carbocycles. The van der Waals surface area contributed by atoms with Crippen LogP contribution in [-0.4, -0.2) is 63.5 Å². The first-order valence-electron chi connectivity index (χ1n) is 13.6. The molecule has 37 heavy (non-hydrogen) atoms. The second kappa shape index (κ2) is 10.7. The normalized spacial score (nSPS) is 30.1. The lowest BCUT2D eigenvalue weighted by atomic mass is 9.66. The third kappa shape index (κ3) is 4.42. The zero-order chi connectivity index (χ0) is 26.2. The lowest BCUT2D eigenvalue weighted by molar-refractivity contribution is -0.139. The zero-order valence-corrected chi connectivity index (χ0v) is 22.4. The fourth-order valence-electron chi connectivity index (χ4n) is 6.77. The molecule has 0 saturated carbocycles. The standard InChI is InChI=1S/C29H37N3O4S/c1-3-13-30-26(34)23-22-16-18(2)29(37-22)24(23)28(36)32(14-7-4-8-15-33)25(29)27(35)31-21-12-11-19-9-5-6-10-20(19)17-21/h5-6,9-12,17-18,22-25,33H,3-4,7-8,13-16H2,1-2H3,(H,30,34)(H,31,35)/t18?,22-,23+,24-,25?,29?/m0/s1. The van der Waals surface area contributed by atoms with Gasteiger partial charge in [0.1, 0.15) is 6.04 Å². The predicted molar refractivity (Wildman–Crippen MR) is 147 cm³/mol. The Morgan fingerprint density at radius 1 is 1.11 bits per heavy atom. The van der Waals surface area contributed by atoms with Gasteiger partial charge in [0.2, 0.25) is 17.7 Å². The van der Waals surface area contributed by atoms with Gasteiger partial charge in [-0.1, -0.05) is 44.2 Å². The Hall–Kier alpha value is -2.58. The van der Waals surface area contributed by atoms with Crippen molar-refractivity contribution in [1.82, 2.24) is 10.2 Å². The molecular weight excluding hydrogens is 486 g/mol. The molecule has 0 radical (unpaired) electrons. The summed E-state index contributed by atoms with van der Waals surface area (Å²) in [7, 11) is 0. The van der Waals surface area contributed by atoms with Crippen LogP contribution in [0, 0.1) is 17.8 Å². The molecule has 8 heteroatoms. The van der Waals surface area contributed by atoms with Crippen LogP contribution < -0.4 is 10.6 Å². The third-order valence-electron chi connectivity index (χ3n) is 8.42. The number of unbranched alkanes of at least 4 members (excludes halogenated alkanes) is 2. The topological polar surface area (TPSA) is 98.7 Å². The highest BCUT2D eigenvalue weighted by molar-refractivity contribution is 8.02. The van der Waals surface area contributed by atoms with Gasteiger partial charge in [-0.15, -0.1) is 11.8 Å². The Morgan fingerprint density at radius 3 is 2.65 bits per heavy atom. The van der Waals surface area contributed by atoms with Crippen LogP contribution >= 0.6 is 11.8 Å². The monoisotopic (exact) mass is 523 g/mol. The number of nitrogens with zero attached hydrogens (tertiary/aromatic N) is 1. The molecule has 3 saturated heterocycles. The van der Waals surface area contributed by atoms with Crippen LogP contribution in [0.25, 0.3) is 10.8 Å². The lowest BCUT2D eigenvalue weighted by Crippen LogP contribution is -2.55. The summed E-state index contributed by atoms with van der Waals surface area (Å²) in [6.45, 7) is 5.31. The van der Waals surface area contributed by atoms with Crippen molar-refractivity contribution in [2.24, 2.45) is 17.8 Å². The molecule has 6 atom stereocenters. The van der Waals surface area contributed by atoms with E-state index in [-0.39, 0.29) is 35.5 Å². The van der Waals surface area contributed by atoms with Crippen LogP contribution in [0.5, 0.6) is 0 Å². The van der Waals surface area contributed by atoms with Gasteiger partial charge in [-0.25, -0.2) is 0 Å². The van der Waals surface area contributed by atoms with Crippen molar-refractivity contribution < 1.29 is 19.5 Å². The molecule has 3 aliphatic heterocycles. The average Bonchev–Trinajstić information content (AvgIpc) is 3.48. The molecule has 3 aliphatic rings. The number of benzene rings is 2. The molecule has 0 aromatic heterocycles. The zero-order valence-electron chi connectivity index (χ0n) is 21.6. The van der Waals surface area contributed by atoms with Crippen LogP contribution in [-0.2, 0) is 14.4 Å². The minimum absolute atomic E-state index is 0.0494. The molecular formula is C29H37N3O4S. The van der Waals surface area contributed by atoms with Gasteiger partial charge in [0.05, 0.1) is 16.6 Å². The minimum Gasteiger partial charge on any atom is -0.396 e. The second-order valence-electron chi connectivity index (χ2n) is 10.7. The van der Waals surface area contributed by atoms with E-state index in [0.717, 1.165) is 30.0 Å². The Kier molecular flexibility index (Phi) is 7.50. The summed E-state index contributed by atoms with van der Waals surface area (Å²) in [6.07, 6.45) is 3.83. The molecule has 2 aromatic carbocycles. The number of fused-ring (bicyclic) bond motifs is 2. The van der Waals surface area contributed by atoms with Gasteiger partial charge >= 0.3 is 0 Å². The number of carbonyl (C=O) groups excluding carboxylic acids is 3.